The SMILES string of the molecule is CCCC[N+](CCCC)(c1ccccc1)S(=O)O. The molecule has 4 heteroatoms. The average Bonchev–Trinajstić information content (AvgIpc) is 2.40. The number of unbranched alkanes of at least 4 members (excludes halogenated alkanes) is 2. The number of quaternary nitrogens is 1. The summed E-state index contributed by atoms with van der Waals surface area (Å²) in [5, 5.41) is 0. The summed E-state index contributed by atoms with van der Waals surface area (Å²) in [6.45, 7) is 5.67. The summed E-state index contributed by atoms with van der Waals surface area (Å²) in [6.07, 6.45) is 4.00. The van der Waals surface area contributed by atoms with Crippen LogP contribution < -0.4 is 3.89 Å². The molecule has 0 aromatic heterocycles. The van der Waals surface area contributed by atoms with Gasteiger partial charge in [-0.1, -0.05) is 44.9 Å². The van der Waals surface area contributed by atoms with Gasteiger partial charge >= 0.3 is 11.3 Å². The van der Waals surface area contributed by atoms with Crippen LogP contribution in [0.3, 0.4) is 0 Å². The Morgan fingerprint density at radius 1 is 1.06 bits per heavy atom. The van der Waals surface area contributed by atoms with Crippen molar-refractivity contribution in [2.45, 2.75) is 39.5 Å². The number of hydrogen-bond donors (Lipinski definition) is 1. The minimum Gasteiger partial charge on any atom is -0.260 e. The van der Waals surface area contributed by atoms with E-state index in [1.807, 2.05) is 30.3 Å². The number of rotatable bonds is 8. The monoisotopic (exact) mass is 270 g/mol. The average molecular weight is 270 g/mol. The highest BCUT2D eigenvalue weighted by Gasteiger charge is 2.36. The lowest BCUT2D eigenvalue weighted by atomic mass is 10.2. The molecule has 0 aliphatic heterocycles. The molecule has 102 valence electrons. The first kappa shape index (κ1) is 15.3. The summed E-state index contributed by atoms with van der Waals surface area (Å²) in [6, 6.07) is 9.73. The molecule has 0 amide bonds. The molecule has 0 radical (unpaired) electrons. The number of hydrogen-bond acceptors (Lipinski definition) is 1. The largest absolute Gasteiger partial charge is 0.363 e. The van der Waals surface area contributed by atoms with E-state index in [-0.39, 0.29) is 3.89 Å². The molecule has 0 fully saturated rings. The molecule has 1 N–H and O–H groups in total. The van der Waals surface area contributed by atoms with E-state index in [1.54, 1.807) is 0 Å². The zero-order chi connectivity index (χ0) is 13.4. The van der Waals surface area contributed by atoms with E-state index in [9.17, 15) is 8.76 Å². The van der Waals surface area contributed by atoms with Crippen molar-refractivity contribution in [3.8, 4) is 0 Å². The Labute approximate surface area is 113 Å². The Morgan fingerprint density at radius 3 is 1.94 bits per heavy atom. The van der Waals surface area contributed by atoms with Gasteiger partial charge in [-0.15, -0.1) is 0 Å². The molecule has 3 nitrogen and oxygen atoms in total. The fourth-order valence-electron chi connectivity index (χ4n) is 2.14. The molecule has 1 atom stereocenters. The first-order valence-corrected chi connectivity index (χ1v) is 7.78. The lowest BCUT2D eigenvalue weighted by Crippen LogP contribution is -2.51. The third-order valence-corrected chi connectivity index (χ3v) is 4.45. The fourth-order valence-corrected chi connectivity index (χ4v) is 3.02. The van der Waals surface area contributed by atoms with Gasteiger partial charge in [0.05, 0.1) is 13.1 Å². The van der Waals surface area contributed by atoms with Crippen LogP contribution in [0.1, 0.15) is 39.5 Å². The van der Waals surface area contributed by atoms with Crippen molar-refractivity contribution in [3.05, 3.63) is 30.3 Å². The summed E-state index contributed by atoms with van der Waals surface area (Å²) in [5.74, 6) is 0. The molecule has 1 rings (SSSR count). The van der Waals surface area contributed by atoms with Crippen LogP contribution in [-0.4, -0.2) is 21.9 Å². The van der Waals surface area contributed by atoms with Crippen molar-refractivity contribution in [1.29, 1.82) is 0 Å². The highest BCUT2D eigenvalue weighted by Crippen LogP contribution is 2.26. The maximum atomic E-state index is 11.9. The lowest BCUT2D eigenvalue weighted by molar-refractivity contribution is 0.377. The standard InChI is InChI=1S/C14H23NO2S/c1-3-5-12-15(18(16)17,13-6-4-2)14-10-8-7-9-11-14/h7-11H,3-6,12-13H2,1-2H3/p+1. The molecular formula is C14H24NO2S+. The molecule has 1 aromatic rings. The summed E-state index contributed by atoms with van der Waals surface area (Å²) in [5.41, 5.74) is 0.945. The van der Waals surface area contributed by atoms with Crippen molar-refractivity contribution in [2.24, 2.45) is 0 Å². The normalized spacial score (nSPS) is 13.5. The lowest BCUT2D eigenvalue weighted by Gasteiger charge is -2.32. The molecule has 0 saturated heterocycles. The van der Waals surface area contributed by atoms with E-state index >= 15 is 0 Å². The molecule has 1 aromatic carbocycles. The van der Waals surface area contributed by atoms with Crippen LogP contribution in [0.15, 0.2) is 30.3 Å². The van der Waals surface area contributed by atoms with E-state index in [0.717, 1.165) is 44.5 Å². The summed E-state index contributed by atoms with van der Waals surface area (Å²) >= 11 is -1.88. The van der Waals surface area contributed by atoms with Gasteiger partial charge in [0.25, 0.3) is 0 Å². The Morgan fingerprint density at radius 2 is 1.56 bits per heavy atom. The van der Waals surface area contributed by atoms with E-state index in [1.165, 1.54) is 0 Å². The quantitative estimate of drug-likeness (QED) is 0.577. The number of nitrogens with zero attached hydrogens (tertiary/aromatic N) is 1. The summed E-state index contributed by atoms with van der Waals surface area (Å²) in [7, 11) is 0. The van der Waals surface area contributed by atoms with Crippen LogP contribution >= 0.6 is 0 Å². The second-order valence-corrected chi connectivity index (χ2v) is 5.77. The van der Waals surface area contributed by atoms with Crippen molar-refractivity contribution in [3.63, 3.8) is 0 Å². The minimum atomic E-state index is -1.88. The Balaban J connectivity index is 3.07. The van der Waals surface area contributed by atoms with Gasteiger partial charge in [0.15, 0.2) is 0 Å². The van der Waals surface area contributed by atoms with E-state index in [2.05, 4.69) is 13.8 Å². The predicted octanol–water partition coefficient (Wildman–Crippen LogP) is 3.73. The van der Waals surface area contributed by atoms with Crippen molar-refractivity contribution in [2.75, 3.05) is 13.1 Å². The van der Waals surface area contributed by atoms with Gasteiger partial charge in [-0.25, -0.2) is 0 Å². The Bertz CT molecular complexity index is 359. The van der Waals surface area contributed by atoms with E-state index in [0.29, 0.717) is 0 Å². The van der Waals surface area contributed by atoms with Crippen LogP contribution in [0.2, 0.25) is 0 Å². The zero-order valence-corrected chi connectivity index (χ0v) is 12.2. The van der Waals surface area contributed by atoms with Gasteiger partial charge in [0.2, 0.25) is 0 Å². The topological polar surface area (TPSA) is 37.3 Å². The molecule has 0 aliphatic carbocycles. The van der Waals surface area contributed by atoms with Crippen LogP contribution in [0, 0.1) is 0 Å². The second kappa shape index (κ2) is 7.67. The maximum Gasteiger partial charge on any atom is 0.363 e. The summed E-state index contributed by atoms with van der Waals surface area (Å²) < 4.78 is 21.9. The van der Waals surface area contributed by atoms with E-state index < -0.39 is 11.3 Å². The smallest absolute Gasteiger partial charge is 0.260 e. The highest BCUT2D eigenvalue weighted by molar-refractivity contribution is 7.78. The highest BCUT2D eigenvalue weighted by atomic mass is 32.2. The van der Waals surface area contributed by atoms with Gasteiger partial charge < -0.3 is 0 Å². The first-order chi connectivity index (χ1) is 8.67. The molecule has 0 aliphatic rings. The van der Waals surface area contributed by atoms with Crippen LogP contribution in [-0.2, 0) is 11.3 Å². The molecular weight excluding hydrogens is 246 g/mol. The second-order valence-electron chi connectivity index (χ2n) is 4.61. The molecule has 18 heavy (non-hydrogen) atoms. The van der Waals surface area contributed by atoms with Crippen molar-refractivity contribution >= 4 is 17.0 Å². The van der Waals surface area contributed by atoms with Gasteiger partial charge in [-0.2, -0.15) is 8.10 Å². The van der Waals surface area contributed by atoms with E-state index in [4.69, 9.17) is 0 Å². The van der Waals surface area contributed by atoms with Gasteiger partial charge in [0, 0.05) is 12.1 Å². The van der Waals surface area contributed by atoms with Gasteiger partial charge in [-0.05, 0) is 12.8 Å². The third-order valence-electron chi connectivity index (χ3n) is 3.27. The van der Waals surface area contributed by atoms with Crippen molar-refractivity contribution in [1.82, 2.24) is 3.89 Å². The van der Waals surface area contributed by atoms with Gasteiger partial charge in [0.1, 0.15) is 5.69 Å². The number of para-hydroxylation sites is 1. The first-order valence-electron chi connectivity index (χ1n) is 6.71. The van der Waals surface area contributed by atoms with Crippen molar-refractivity contribution < 1.29 is 8.76 Å². The third kappa shape index (κ3) is 3.64. The summed E-state index contributed by atoms with van der Waals surface area (Å²) in [4.78, 5) is 0. The zero-order valence-electron chi connectivity index (χ0n) is 11.3. The van der Waals surface area contributed by atoms with Gasteiger partial charge in [-0.3, -0.25) is 4.55 Å². The molecule has 0 bridgehead atoms. The fraction of sp³-hybridized carbons (Fsp3) is 0.571. The minimum absolute atomic E-state index is 0.183. The van der Waals surface area contributed by atoms with Crippen LogP contribution in [0.4, 0.5) is 5.69 Å². The maximum absolute atomic E-state index is 11.9. The molecule has 0 heterocycles. The number of benzene rings is 1. The molecule has 0 saturated carbocycles. The van der Waals surface area contributed by atoms with Crippen LogP contribution in [0.5, 0.6) is 0 Å². The predicted molar refractivity (Wildman–Crippen MR) is 78.6 cm³/mol. The molecule has 1 unspecified atom stereocenters. The van der Waals surface area contributed by atoms with Crippen LogP contribution in [0.25, 0.3) is 0 Å². The Hall–Kier alpha value is -0.710. The molecule has 0 spiro atoms. The Kier molecular flexibility index (Phi) is 6.54.